The third-order valence-corrected chi connectivity index (χ3v) is 3.90. The molecule has 20 heavy (non-hydrogen) atoms. The summed E-state index contributed by atoms with van der Waals surface area (Å²) < 4.78 is 6.09. The highest BCUT2D eigenvalue weighted by molar-refractivity contribution is 7.16. The topological polar surface area (TPSA) is 59.5 Å². The standard InChI is InChI=1S/C14H15ClN2O2S/c1-2-7-17(9-11-4-6-13(15)20-11)14(18)12-5-3-10(8-16)19-12/h2-6H,1,7-9,16H2. The number of hydrogen-bond acceptors (Lipinski definition) is 4. The number of amides is 1. The van der Waals surface area contributed by atoms with Gasteiger partial charge < -0.3 is 15.1 Å². The van der Waals surface area contributed by atoms with Gasteiger partial charge in [-0.2, -0.15) is 0 Å². The zero-order valence-corrected chi connectivity index (χ0v) is 12.4. The van der Waals surface area contributed by atoms with Crippen LogP contribution in [-0.2, 0) is 13.1 Å². The summed E-state index contributed by atoms with van der Waals surface area (Å²) >= 11 is 7.35. The number of furan rings is 1. The minimum atomic E-state index is -0.186. The molecular weight excluding hydrogens is 296 g/mol. The van der Waals surface area contributed by atoms with Gasteiger partial charge in [0.1, 0.15) is 5.76 Å². The maximum atomic E-state index is 12.4. The largest absolute Gasteiger partial charge is 0.455 e. The molecular formula is C14H15ClN2O2S. The summed E-state index contributed by atoms with van der Waals surface area (Å²) in [6.45, 7) is 4.86. The summed E-state index contributed by atoms with van der Waals surface area (Å²) in [5.41, 5.74) is 5.48. The Bertz CT molecular complexity index is 606. The van der Waals surface area contributed by atoms with Gasteiger partial charge in [0.25, 0.3) is 5.91 Å². The van der Waals surface area contributed by atoms with Crippen LogP contribution in [0, 0.1) is 0 Å². The first-order valence-corrected chi connectivity index (χ1v) is 7.26. The van der Waals surface area contributed by atoms with Gasteiger partial charge in [-0.05, 0) is 24.3 Å². The van der Waals surface area contributed by atoms with Crippen molar-refractivity contribution in [3.63, 3.8) is 0 Å². The predicted molar refractivity (Wildman–Crippen MR) is 80.9 cm³/mol. The molecule has 0 aliphatic heterocycles. The van der Waals surface area contributed by atoms with Crippen LogP contribution in [0.25, 0.3) is 0 Å². The number of halogens is 1. The number of rotatable bonds is 6. The van der Waals surface area contributed by atoms with E-state index in [-0.39, 0.29) is 18.2 Å². The Morgan fingerprint density at radius 2 is 2.25 bits per heavy atom. The molecule has 0 bridgehead atoms. The number of nitrogens with zero attached hydrogens (tertiary/aromatic N) is 1. The van der Waals surface area contributed by atoms with Crippen molar-refractivity contribution in [2.75, 3.05) is 6.54 Å². The van der Waals surface area contributed by atoms with Gasteiger partial charge in [-0.15, -0.1) is 17.9 Å². The summed E-state index contributed by atoms with van der Waals surface area (Å²) in [4.78, 5) is 15.0. The molecule has 0 spiro atoms. The third-order valence-electron chi connectivity index (χ3n) is 2.69. The monoisotopic (exact) mass is 310 g/mol. The van der Waals surface area contributed by atoms with E-state index in [1.165, 1.54) is 11.3 Å². The van der Waals surface area contributed by atoms with Crippen LogP contribution in [0.3, 0.4) is 0 Å². The molecule has 6 heteroatoms. The fourth-order valence-corrected chi connectivity index (χ4v) is 2.86. The summed E-state index contributed by atoms with van der Waals surface area (Å²) in [6, 6.07) is 7.07. The molecule has 2 aromatic rings. The molecule has 0 atom stereocenters. The van der Waals surface area contributed by atoms with E-state index in [0.29, 0.717) is 23.2 Å². The Balaban J connectivity index is 2.14. The van der Waals surface area contributed by atoms with Crippen LogP contribution in [0.2, 0.25) is 4.34 Å². The summed E-state index contributed by atoms with van der Waals surface area (Å²) in [6.07, 6.45) is 1.68. The van der Waals surface area contributed by atoms with Gasteiger partial charge in [0.05, 0.1) is 17.4 Å². The second kappa shape index (κ2) is 6.74. The highest BCUT2D eigenvalue weighted by Gasteiger charge is 2.19. The second-order valence-electron chi connectivity index (χ2n) is 4.15. The quantitative estimate of drug-likeness (QED) is 0.833. The van der Waals surface area contributed by atoms with Crippen molar-refractivity contribution < 1.29 is 9.21 Å². The molecule has 2 rings (SSSR count). The Kier molecular flexibility index (Phi) is 5.00. The Morgan fingerprint density at radius 1 is 1.45 bits per heavy atom. The number of nitrogens with two attached hydrogens (primary N) is 1. The van der Waals surface area contributed by atoms with Gasteiger partial charge in [-0.25, -0.2) is 0 Å². The molecule has 0 saturated heterocycles. The molecule has 0 aromatic carbocycles. The Labute approximate surface area is 126 Å². The number of carbonyl (C=O) groups excluding carboxylic acids is 1. The summed E-state index contributed by atoms with van der Waals surface area (Å²) in [5.74, 6) is 0.690. The van der Waals surface area contributed by atoms with E-state index in [9.17, 15) is 4.79 Å². The molecule has 0 aliphatic carbocycles. The van der Waals surface area contributed by atoms with E-state index < -0.39 is 0 Å². The van der Waals surface area contributed by atoms with E-state index in [4.69, 9.17) is 21.8 Å². The van der Waals surface area contributed by atoms with E-state index in [1.54, 1.807) is 23.1 Å². The highest BCUT2D eigenvalue weighted by Crippen LogP contribution is 2.23. The maximum absolute atomic E-state index is 12.4. The van der Waals surface area contributed by atoms with E-state index >= 15 is 0 Å². The first kappa shape index (κ1) is 14.8. The van der Waals surface area contributed by atoms with E-state index in [2.05, 4.69) is 6.58 Å². The zero-order valence-electron chi connectivity index (χ0n) is 10.8. The van der Waals surface area contributed by atoms with Gasteiger partial charge in [0.2, 0.25) is 0 Å². The molecule has 2 N–H and O–H groups in total. The van der Waals surface area contributed by atoms with Crippen molar-refractivity contribution in [3.05, 3.63) is 57.7 Å². The zero-order chi connectivity index (χ0) is 14.5. The first-order valence-electron chi connectivity index (χ1n) is 6.07. The maximum Gasteiger partial charge on any atom is 0.290 e. The molecule has 0 aliphatic rings. The minimum Gasteiger partial charge on any atom is -0.455 e. The third kappa shape index (κ3) is 3.50. The minimum absolute atomic E-state index is 0.186. The lowest BCUT2D eigenvalue weighted by atomic mass is 10.3. The highest BCUT2D eigenvalue weighted by atomic mass is 35.5. The smallest absolute Gasteiger partial charge is 0.290 e. The fraction of sp³-hybridized carbons (Fsp3) is 0.214. The van der Waals surface area contributed by atoms with Crippen LogP contribution in [-0.4, -0.2) is 17.4 Å². The van der Waals surface area contributed by atoms with Crippen molar-refractivity contribution in [2.45, 2.75) is 13.1 Å². The molecule has 1 amide bonds. The van der Waals surface area contributed by atoms with E-state index in [1.807, 2.05) is 12.1 Å². The Morgan fingerprint density at radius 3 is 2.80 bits per heavy atom. The average Bonchev–Trinajstić information content (AvgIpc) is 3.06. The molecule has 0 radical (unpaired) electrons. The lowest BCUT2D eigenvalue weighted by Crippen LogP contribution is -2.30. The van der Waals surface area contributed by atoms with Crippen LogP contribution in [0.1, 0.15) is 21.2 Å². The van der Waals surface area contributed by atoms with Gasteiger partial charge in [0.15, 0.2) is 5.76 Å². The van der Waals surface area contributed by atoms with Crippen molar-refractivity contribution in [3.8, 4) is 0 Å². The number of carbonyl (C=O) groups is 1. The van der Waals surface area contributed by atoms with Gasteiger partial charge in [-0.1, -0.05) is 17.7 Å². The SMILES string of the molecule is C=CCN(Cc1ccc(Cl)s1)C(=O)c1ccc(CN)o1. The fourth-order valence-electron chi connectivity index (χ4n) is 1.76. The molecule has 4 nitrogen and oxygen atoms in total. The normalized spacial score (nSPS) is 10.5. The molecule has 2 heterocycles. The van der Waals surface area contributed by atoms with Crippen molar-refractivity contribution >= 4 is 28.8 Å². The Hall–Kier alpha value is -1.56. The molecule has 106 valence electrons. The average molecular weight is 311 g/mol. The number of thiophene rings is 1. The van der Waals surface area contributed by atoms with Crippen LogP contribution < -0.4 is 5.73 Å². The van der Waals surface area contributed by atoms with Crippen molar-refractivity contribution in [2.24, 2.45) is 5.73 Å². The summed E-state index contributed by atoms with van der Waals surface area (Å²) in [7, 11) is 0. The lowest BCUT2D eigenvalue weighted by molar-refractivity contribution is 0.0730. The first-order chi connectivity index (χ1) is 9.63. The summed E-state index contributed by atoms with van der Waals surface area (Å²) in [5, 5.41) is 0. The van der Waals surface area contributed by atoms with Crippen LogP contribution in [0.4, 0.5) is 0 Å². The van der Waals surface area contributed by atoms with Gasteiger partial charge >= 0.3 is 0 Å². The van der Waals surface area contributed by atoms with Crippen molar-refractivity contribution in [1.82, 2.24) is 4.90 Å². The van der Waals surface area contributed by atoms with Crippen LogP contribution in [0.15, 0.2) is 41.3 Å². The van der Waals surface area contributed by atoms with Gasteiger partial charge in [0, 0.05) is 11.4 Å². The van der Waals surface area contributed by atoms with Crippen LogP contribution in [0.5, 0.6) is 0 Å². The molecule has 0 saturated carbocycles. The van der Waals surface area contributed by atoms with E-state index in [0.717, 1.165) is 4.88 Å². The molecule has 0 fully saturated rings. The predicted octanol–water partition coefficient (Wildman–Crippen LogP) is 3.28. The second-order valence-corrected chi connectivity index (χ2v) is 5.95. The lowest BCUT2D eigenvalue weighted by Gasteiger charge is -2.19. The number of hydrogen-bond donors (Lipinski definition) is 1. The van der Waals surface area contributed by atoms with Crippen LogP contribution >= 0.6 is 22.9 Å². The van der Waals surface area contributed by atoms with Gasteiger partial charge in [-0.3, -0.25) is 4.79 Å². The van der Waals surface area contributed by atoms with Crippen molar-refractivity contribution in [1.29, 1.82) is 0 Å². The molecule has 2 aromatic heterocycles. The molecule has 0 unspecified atom stereocenters.